The topological polar surface area (TPSA) is 69.8 Å². The molecule has 4 aromatic rings. The van der Waals surface area contributed by atoms with Crippen LogP contribution in [0, 0.1) is 12.7 Å². The SMILES string of the molecule is COc1cc2c(c(F)c1-c1cccc3c1cnn3C)-n1c(C)nnc1C(C)(C)N2. The fourth-order valence-electron chi connectivity index (χ4n) is 4.16. The van der Waals surface area contributed by atoms with Crippen molar-refractivity contribution in [2.75, 3.05) is 12.4 Å². The minimum absolute atomic E-state index is 0.386. The molecule has 29 heavy (non-hydrogen) atoms. The van der Waals surface area contributed by atoms with Gasteiger partial charge >= 0.3 is 0 Å². The van der Waals surface area contributed by atoms with Crippen molar-refractivity contribution in [2.45, 2.75) is 26.3 Å². The van der Waals surface area contributed by atoms with E-state index in [4.69, 9.17) is 4.74 Å². The largest absolute Gasteiger partial charge is 0.496 e. The first-order valence-corrected chi connectivity index (χ1v) is 9.36. The standard InChI is InChI=1S/C21H21FN6O/c1-11-25-26-20-21(2,3)24-14-9-16(29-5)17(18(22)19(14)28(11)20)12-7-6-8-15-13(12)10-23-27(15)4/h6-10,24H,1-5H3. The van der Waals surface area contributed by atoms with E-state index in [0.29, 0.717) is 34.3 Å². The Kier molecular flexibility index (Phi) is 3.53. The van der Waals surface area contributed by atoms with Crippen LogP contribution >= 0.6 is 0 Å². The summed E-state index contributed by atoms with van der Waals surface area (Å²) in [5.74, 6) is 1.36. The maximum Gasteiger partial charge on any atom is 0.162 e. The van der Waals surface area contributed by atoms with E-state index in [-0.39, 0.29) is 5.82 Å². The van der Waals surface area contributed by atoms with E-state index in [2.05, 4.69) is 20.6 Å². The van der Waals surface area contributed by atoms with Gasteiger partial charge in [0.1, 0.15) is 17.3 Å². The number of methoxy groups -OCH3 is 1. The van der Waals surface area contributed by atoms with Crippen molar-refractivity contribution in [1.82, 2.24) is 24.5 Å². The number of aromatic nitrogens is 5. The maximum atomic E-state index is 16.2. The van der Waals surface area contributed by atoms with E-state index in [0.717, 1.165) is 16.5 Å². The Balaban J connectivity index is 1.88. The first-order valence-electron chi connectivity index (χ1n) is 9.36. The number of fused-ring (bicyclic) bond motifs is 4. The van der Waals surface area contributed by atoms with Gasteiger partial charge in [0.25, 0.3) is 0 Å². The van der Waals surface area contributed by atoms with Gasteiger partial charge in [-0.25, -0.2) is 4.39 Å². The third-order valence-corrected chi connectivity index (χ3v) is 5.54. The average molecular weight is 392 g/mol. The van der Waals surface area contributed by atoms with Crippen molar-refractivity contribution in [3.05, 3.63) is 47.9 Å². The van der Waals surface area contributed by atoms with Crippen LogP contribution in [-0.2, 0) is 12.6 Å². The number of ether oxygens (including phenoxy) is 1. The fraction of sp³-hybridized carbons (Fsp3) is 0.286. The Morgan fingerprint density at radius 1 is 1.21 bits per heavy atom. The second kappa shape index (κ2) is 5.79. The van der Waals surface area contributed by atoms with Gasteiger partial charge in [-0.3, -0.25) is 9.25 Å². The van der Waals surface area contributed by atoms with Crippen molar-refractivity contribution in [3.63, 3.8) is 0 Å². The van der Waals surface area contributed by atoms with Crippen LogP contribution in [0.25, 0.3) is 27.7 Å². The van der Waals surface area contributed by atoms with Crippen LogP contribution in [0.2, 0.25) is 0 Å². The lowest BCUT2D eigenvalue weighted by Crippen LogP contribution is -2.36. The molecule has 0 saturated heterocycles. The molecule has 7 nitrogen and oxygen atoms in total. The molecule has 3 heterocycles. The minimum Gasteiger partial charge on any atom is -0.496 e. The minimum atomic E-state index is -0.503. The van der Waals surface area contributed by atoms with Crippen LogP contribution in [0.5, 0.6) is 5.75 Å². The Bertz CT molecular complexity index is 1290. The fourth-order valence-corrected chi connectivity index (χ4v) is 4.16. The predicted molar refractivity (Wildman–Crippen MR) is 109 cm³/mol. The summed E-state index contributed by atoms with van der Waals surface area (Å²) in [6.45, 7) is 5.81. The summed E-state index contributed by atoms with van der Waals surface area (Å²) < 4.78 is 25.4. The van der Waals surface area contributed by atoms with Crippen LogP contribution in [0.1, 0.15) is 25.5 Å². The molecule has 2 aromatic heterocycles. The molecule has 0 saturated carbocycles. The molecule has 0 unspecified atom stereocenters. The van der Waals surface area contributed by atoms with E-state index >= 15 is 4.39 Å². The van der Waals surface area contributed by atoms with Crippen LogP contribution in [0.4, 0.5) is 10.1 Å². The highest BCUT2D eigenvalue weighted by atomic mass is 19.1. The highest BCUT2D eigenvalue weighted by Gasteiger charge is 2.37. The summed E-state index contributed by atoms with van der Waals surface area (Å²) in [6.07, 6.45) is 1.75. The lowest BCUT2D eigenvalue weighted by Gasteiger charge is -2.34. The summed E-state index contributed by atoms with van der Waals surface area (Å²) >= 11 is 0. The predicted octanol–water partition coefficient (Wildman–Crippen LogP) is 3.94. The Hall–Kier alpha value is -3.42. The Labute approximate surface area is 167 Å². The smallest absolute Gasteiger partial charge is 0.162 e. The van der Waals surface area contributed by atoms with Crippen molar-refractivity contribution in [3.8, 4) is 22.6 Å². The number of rotatable bonds is 2. The second-order valence-electron chi connectivity index (χ2n) is 7.83. The number of hydrogen-bond acceptors (Lipinski definition) is 5. The average Bonchev–Trinajstić information content (AvgIpc) is 3.25. The number of halogens is 1. The third-order valence-electron chi connectivity index (χ3n) is 5.54. The van der Waals surface area contributed by atoms with Gasteiger partial charge in [-0.2, -0.15) is 5.10 Å². The van der Waals surface area contributed by atoms with Gasteiger partial charge in [-0.15, -0.1) is 10.2 Å². The monoisotopic (exact) mass is 392 g/mol. The first-order chi connectivity index (χ1) is 13.8. The molecule has 0 atom stereocenters. The number of aryl methyl sites for hydroxylation is 2. The third kappa shape index (κ3) is 2.31. The van der Waals surface area contributed by atoms with Gasteiger partial charge < -0.3 is 10.1 Å². The molecule has 0 bridgehead atoms. The highest BCUT2D eigenvalue weighted by Crippen LogP contribution is 2.46. The zero-order valence-corrected chi connectivity index (χ0v) is 16.9. The molecule has 0 amide bonds. The number of anilines is 1. The van der Waals surface area contributed by atoms with Crippen LogP contribution < -0.4 is 10.1 Å². The van der Waals surface area contributed by atoms with Gasteiger partial charge in [0.05, 0.1) is 35.6 Å². The van der Waals surface area contributed by atoms with Crippen molar-refractivity contribution in [2.24, 2.45) is 7.05 Å². The van der Waals surface area contributed by atoms with Crippen LogP contribution in [0.15, 0.2) is 30.5 Å². The molecule has 1 aliphatic rings. The molecule has 148 valence electrons. The lowest BCUT2D eigenvalue weighted by atomic mass is 9.95. The molecule has 0 fully saturated rings. The summed E-state index contributed by atoms with van der Waals surface area (Å²) in [5.41, 5.74) is 2.58. The van der Waals surface area contributed by atoms with E-state index in [1.165, 1.54) is 0 Å². The zero-order valence-electron chi connectivity index (χ0n) is 16.9. The molecule has 1 N–H and O–H groups in total. The Morgan fingerprint density at radius 2 is 2.00 bits per heavy atom. The van der Waals surface area contributed by atoms with E-state index < -0.39 is 5.54 Å². The molecule has 0 spiro atoms. The quantitative estimate of drug-likeness (QED) is 0.560. The summed E-state index contributed by atoms with van der Waals surface area (Å²) in [7, 11) is 3.42. The summed E-state index contributed by atoms with van der Waals surface area (Å²) in [4.78, 5) is 0. The molecule has 8 heteroatoms. The van der Waals surface area contributed by atoms with Crippen molar-refractivity contribution < 1.29 is 9.13 Å². The van der Waals surface area contributed by atoms with E-state index in [1.54, 1.807) is 22.6 Å². The van der Waals surface area contributed by atoms with Gasteiger partial charge in [-0.1, -0.05) is 12.1 Å². The van der Waals surface area contributed by atoms with Crippen LogP contribution in [-0.4, -0.2) is 31.7 Å². The van der Waals surface area contributed by atoms with E-state index in [9.17, 15) is 0 Å². The first kappa shape index (κ1) is 17.7. The lowest BCUT2D eigenvalue weighted by molar-refractivity contribution is 0.412. The number of nitrogens with one attached hydrogen (secondary N) is 1. The number of benzene rings is 2. The number of nitrogens with zero attached hydrogens (tertiary/aromatic N) is 5. The van der Waals surface area contributed by atoms with Gasteiger partial charge in [-0.05, 0) is 32.4 Å². The molecule has 2 aromatic carbocycles. The Morgan fingerprint density at radius 3 is 2.76 bits per heavy atom. The van der Waals surface area contributed by atoms with Gasteiger partial charge in [0.2, 0.25) is 0 Å². The van der Waals surface area contributed by atoms with E-state index in [1.807, 2.05) is 52.1 Å². The molecule has 0 radical (unpaired) electrons. The second-order valence-corrected chi connectivity index (χ2v) is 7.83. The number of hydrogen-bond donors (Lipinski definition) is 1. The van der Waals surface area contributed by atoms with Crippen molar-refractivity contribution in [1.29, 1.82) is 0 Å². The van der Waals surface area contributed by atoms with Gasteiger partial charge in [0.15, 0.2) is 11.6 Å². The molecular weight excluding hydrogens is 371 g/mol. The zero-order chi connectivity index (χ0) is 20.5. The van der Waals surface area contributed by atoms with Crippen LogP contribution in [0.3, 0.4) is 0 Å². The summed E-state index contributed by atoms with van der Waals surface area (Å²) in [6, 6.07) is 7.58. The molecule has 1 aliphatic heterocycles. The molecular formula is C21H21FN6O. The molecule has 0 aliphatic carbocycles. The molecule has 5 rings (SSSR count). The van der Waals surface area contributed by atoms with Crippen molar-refractivity contribution >= 4 is 16.6 Å². The van der Waals surface area contributed by atoms with Gasteiger partial charge in [0, 0.05) is 18.5 Å². The highest BCUT2D eigenvalue weighted by molar-refractivity contribution is 5.97. The maximum absolute atomic E-state index is 16.2. The normalized spacial score (nSPS) is 14.4. The summed E-state index contributed by atoms with van der Waals surface area (Å²) in [5, 5.41) is 17.1.